The molecule has 0 radical (unpaired) electrons. The standard InChI is InChI=1S/C12H16N4O4/c1-13-9-2-3-11(16(18)19)10(8-9)12(17)14-15-4-6-20-7-5-15/h2-3,8,13H,4-7H2,1H3,(H,14,17). The lowest BCUT2D eigenvalue weighted by molar-refractivity contribution is -0.385. The molecule has 0 aliphatic carbocycles. The zero-order chi connectivity index (χ0) is 14.5. The van der Waals surface area contributed by atoms with E-state index in [0.29, 0.717) is 32.0 Å². The van der Waals surface area contributed by atoms with Crippen LogP contribution < -0.4 is 10.7 Å². The molecule has 1 fully saturated rings. The number of hydrogen-bond acceptors (Lipinski definition) is 6. The van der Waals surface area contributed by atoms with E-state index in [1.165, 1.54) is 12.1 Å². The molecule has 0 saturated carbocycles. The van der Waals surface area contributed by atoms with Gasteiger partial charge in [-0.1, -0.05) is 0 Å². The Morgan fingerprint density at radius 2 is 2.10 bits per heavy atom. The number of rotatable bonds is 4. The fourth-order valence-electron chi connectivity index (χ4n) is 1.91. The first-order valence-corrected chi connectivity index (χ1v) is 6.21. The van der Waals surface area contributed by atoms with Gasteiger partial charge in [0, 0.05) is 31.9 Å². The minimum absolute atomic E-state index is 0.0355. The highest BCUT2D eigenvalue weighted by molar-refractivity contribution is 5.98. The van der Waals surface area contributed by atoms with Gasteiger partial charge in [-0.15, -0.1) is 0 Å². The summed E-state index contributed by atoms with van der Waals surface area (Å²) in [5, 5.41) is 15.5. The van der Waals surface area contributed by atoms with E-state index in [-0.39, 0.29) is 11.3 Å². The highest BCUT2D eigenvalue weighted by Crippen LogP contribution is 2.22. The third-order valence-electron chi connectivity index (χ3n) is 3.00. The lowest BCUT2D eigenvalue weighted by Gasteiger charge is -2.26. The number of nitrogens with one attached hydrogen (secondary N) is 2. The normalized spacial score (nSPS) is 15.7. The van der Waals surface area contributed by atoms with Crippen LogP contribution in [-0.4, -0.2) is 49.2 Å². The predicted molar refractivity (Wildman–Crippen MR) is 72.5 cm³/mol. The molecule has 1 amide bonds. The quantitative estimate of drug-likeness (QED) is 0.619. The topological polar surface area (TPSA) is 96.7 Å². The fraction of sp³-hybridized carbons (Fsp3) is 0.417. The molecule has 20 heavy (non-hydrogen) atoms. The summed E-state index contributed by atoms with van der Waals surface area (Å²) in [6, 6.07) is 4.34. The number of amides is 1. The summed E-state index contributed by atoms with van der Waals surface area (Å²) < 4.78 is 5.17. The second-order valence-corrected chi connectivity index (χ2v) is 4.28. The van der Waals surface area contributed by atoms with Crippen molar-refractivity contribution in [1.82, 2.24) is 10.4 Å². The number of hydrazine groups is 1. The lowest BCUT2D eigenvalue weighted by Crippen LogP contribution is -2.48. The molecule has 1 aliphatic heterocycles. The summed E-state index contributed by atoms with van der Waals surface area (Å²) in [5.41, 5.74) is 3.13. The van der Waals surface area contributed by atoms with Gasteiger partial charge in [-0.2, -0.15) is 0 Å². The largest absolute Gasteiger partial charge is 0.388 e. The molecule has 8 heteroatoms. The van der Waals surface area contributed by atoms with Gasteiger partial charge in [0.2, 0.25) is 0 Å². The Labute approximate surface area is 115 Å². The van der Waals surface area contributed by atoms with Crippen molar-refractivity contribution in [3.05, 3.63) is 33.9 Å². The van der Waals surface area contributed by atoms with Gasteiger partial charge in [0.1, 0.15) is 5.56 Å². The van der Waals surface area contributed by atoms with Crippen molar-refractivity contribution in [3.8, 4) is 0 Å². The molecule has 1 aromatic carbocycles. The van der Waals surface area contributed by atoms with Crippen LogP contribution in [0.3, 0.4) is 0 Å². The first-order chi connectivity index (χ1) is 9.61. The van der Waals surface area contributed by atoms with Gasteiger partial charge in [0.05, 0.1) is 18.1 Å². The number of benzene rings is 1. The van der Waals surface area contributed by atoms with E-state index in [0.717, 1.165) is 0 Å². The maximum absolute atomic E-state index is 12.2. The van der Waals surface area contributed by atoms with Gasteiger partial charge >= 0.3 is 0 Å². The van der Waals surface area contributed by atoms with E-state index < -0.39 is 10.8 Å². The molecule has 0 aromatic heterocycles. The van der Waals surface area contributed by atoms with Gasteiger partial charge in [-0.05, 0) is 12.1 Å². The Hall–Kier alpha value is -2.19. The van der Waals surface area contributed by atoms with Crippen LogP contribution in [0.15, 0.2) is 18.2 Å². The van der Waals surface area contributed by atoms with Crippen LogP contribution in [-0.2, 0) is 4.74 Å². The second kappa shape index (κ2) is 6.31. The molecule has 0 spiro atoms. The first-order valence-electron chi connectivity index (χ1n) is 6.21. The van der Waals surface area contributed by atoms with E-state index in [2.05, 4.69) is 10.7 Å². The summed E-state index contributed by atoms with van der Waals surface area (Å²) in [6.07, 6.45) is 0. The van der Waals surface area contributed by atoms with Gasteiger partial charge in [-0.25, -0.2) is 5.01 Å². The van der Waals surface area contributed by atoms with Gasteiger partial charge in [-0.3, -0.25) is 20.3 Å². The van der Waals surface area contributed by atoms with Crippen LogP contribution in [0.4, 0.5) is 11.4 Å². The maximum atomic E-state index is 12.2. The minimum atomic E-state index is -0.562. The molecule has 0 bridgehead atoms. The van der Waals surface area contributed by atoms with Crippen LogP contribution in [0.5, 0.6) is 0 Å². The van der Waals surface area contributed by atoms with Crippen molar-refractivity contribution < 1.29 is 14.5 Å². The average molecular weight is 280 g/mol. The van der Waals surface area contributed by atoms with Gasteiger partial charge in [0.25, 0.3) is 11.6 Å². The Balaban J connectivity index is 2.20. The van der Waals surface area contributed by atoms with E-state index in [1.54, 1.807) is 18.1 Å². The predicted octanol–water partition coefficient (Wildman–Crippen LogP) is 0.613. The first kappa shape index (κ1) is 14.2. The summed E-state index contributed by atoms with van der Waals surface area (Å²) in [6.45, 7) is 2.17. The number of ether oxygens (including phenoxy) is 1. The zero-order valence-corrected chi connectivity index (χ0v) is 11.1. The summed E-state index contributed by atoms with van der Waals surface area (Å²) >= 11 is 0. The summed E-state index contributed by atoms with van der Waals surface area (Å²) in [4.78, 5) is 22.6. The van der Waals surface area contributed by atoms with Crippen LogP contribution >= 0.6 is 0 Å². The molecule has 8 nitrogen and oxygen atoms in total. The second-order valence-electron chi connectivity index (χ2n) is 4.28. The smallest absolute Gasteiger partial charge is 0.282 e. The molecule has 1 heterocycles. The number of carbonyl (C=O) groups excluding carboxylic acids is 1. The monoisotopic (exact) mass is 280 g/mol. The van der Waals surface area contributed by atoms with E-state index in [9.17, 15) is 14.9 Å². The Bertz CT molecular complexity index is 514. The van der Waals surface area contributed by atoms with Crippen LogP contribution in [0.25, 0.3) is 0 Å². The number of carbonyl (C=O) groups is 1. The van der Waals surface area contributed by atoms with Crippen molar-refractivity contribution in [2.45, 2.75) is 0 Å². The highest BCUT2D eigenvalue weighted by atomic mass is 16.6. The zero-order valence-electron chi connectivity index (χ0n) is 11.1. The van der Waals surface area contributed by atoms with Crippen LogP contribution in [0.1, 0.15) is 10.4 Å². The maximum Gasteiger partial charge on any atom is 0.282 e. The lowest BCUT2D eigenvalue weighted by atomic mass is 10.1. The number of hydrogen-bond donors (Lipinski definition) is 2. The molecule has 108 valence electrons. The molecule has 1 aromatic rings. The van der Waals surface area contributed by atoms with E-state index in [4.69, 9.17) is 4.74 Å². The molecule has 1 saturated heterocycles. The summed E-state index contributed by atoms with van der Waals surface area (Å²) in [7, 11) is 1.69. The fourth-order valence-corrected chi connectivity index (χ4v) is 1.91. The number of morpholine rings is 1. The minimum Gasteiger partial charge on any atom is -0.388 e. The third kappa shape index (κ3) is 3.22. The highest BCUT2D eigenvalue weighted by Gasteiger charge is 2.22. The van der Waals surface area contributed by atoms with Crippen molar-refractivity contribution >= 4 is 17.3 Å². The van der Waals surface area contributed by atoms with Crippen molar-refractivity contribution in [2.24, 2.45) is 0 Å². The molecule has 2 N–H and O–H groups in total. The Morgan fingerprint density at radius 3 is 2.70 bits per heavy atom. The molecule has 1 aliphatic rings. The summed E-state index contributed by atoms with van der Waals surface area (Å²) in [5.74, 6) is -0.490. The van der Waals surface area contributed by atoms with Crippen LogP contribution in [0, 0.1) is 10.1 Å². The molecule has 2 rings (SSSR count). The van der Waals surface area contributed by atoms with Crippen LogP contribution in [0.2, 0.25) is 0 Å². The third-order valence-corrected chi connectivity index (χ3v) is 3.00. The average Bonchev–Trinajstić information content (AvgIpc) is 2.47. The molecular formula is C12H16N4O4. The number of nitro groups is 1. The SMILES string of the molecule is CNc1ccc([N+](=O)[O-])c(C(=O)NN2CCOCC2)c1. The van der Waals surface area contributed by atoms with Gasteiger partial charge < -0.3 is 10.1 Å². The Kier molecular flexibility index (Phi) is 4.49. The molecule has 0 unspecified atom stereocenters. The molecule has 0 atom stereocenters. The van der Waals surface area contributed by atoms with E-state index >= 15 is 0 Å². The Morgan fingerprint density at radius 1 is 1.40 bits per heavy atom. The number of anilines is 1. The van der Waals surface area contributed by atoms with Gasteiger partial charge in [0.15, 0.2) is 0 Å². The number of nitro benzene ring substituents is 1. The van der Waals surface area contributed by atoms with Crippen molar-refractivity contribution in [1.29, 1.82) is 0 Å². The van der Waals surface area contributed by atoms with Crippen molar-refractivity contribution in [3.63, 3.8) is 0 Å². The molecular weight excluding hydrogens is 264 g/mol. The van der Waals surface area contributed by atoms with E-state index in [1.807, 2.05) is 0 Å². The van der Waals surface area contributed by atoms with Crippen molar-refractivity contribution in [2.75, 3.05) is 38.7 Å². The number of nitrogens with zero attached hydrogens (tertiary/aromatic N) is 2.